The molecule has 0 radical (unpaired) electrons. The number of rotatable bonds is 7. The van der Waals surface area contributed by atoms with E-state index in [-0.39, 0.29) is 11.3 Å². The smallest absolute Gasteiger partial charge is 0.220 e. The Balaban J connectivity index is 2.29. The van der Waals surface area contributed by atoms with Crippen LogP contribution >= 0.6 is 0 Å². The van der Waals surface area contributed by atoms with Crippen LogP contribution in [0.1, 0.15) is 52.4 Å². The summed E-state index contributed by atoms with van der Waals surface area (Å²) in [6.45, 7) is 6.60. The van der Waals surface area contributed by atoms with Gasteiger partial charge in [0, 0.05) is 25.6 Å². The van der Waals surface area contributed by atoms with Crippen molar-refractivity contribution in [2.45, 2.75) is 58.4 Å². The molecule has 4 heteroatoms. The number of carbonyl (C=O) groups excluding carboxylic acids is 1. The molecule has 1 amide bonds. The first-order chi connectivity index (χ1) is 8.99. The Kier molecular flexibility index (Phi) is 6.80. The Labute approximate surface area is 118 Å². The molecule has 0 heterocycles. The molecule has 1 aliphatic rings. The number of nitrogens with one attached hydrogen (secondary N) is 1. The Hall–Kier alpha value is -0.610. The summed E-state index contributed by atoms with van der Waals surface area (Å²) in [5.41, 5.74) is 5.99. The van der Waals surface area contributed by atoms with Crippen LogP contribution in [0.4, 0.5) is 0 Å². The van der Waals surface area contributed by atoms with Gasteiger partial charge in [-0.15, -0.1) is 0 Å². The molecule has 1 rings (SSSR count). The Bertz CT molecular complexity index is 273. The van der Waals surface area contributed by atoms with Gasteiger partial charge in [0.15, 0.2) is 0 Å². The number of amides is 1. The lowest BCUT2D eigenvalue weighted by molar-refractivity contribution is -0.123. The summed E-state index contributed by atoms with van der Waals surface area (Å²) in [5, 5.41) is 3.04. The van der Waals surface area contributed by atoms with Crippen molar-refractivity contribution >= 4 is 5.91 Å². The Morgan fingerprint density at radius 3 is 2.47 bits per heavy atom. The zero-order valence-corrected chi connectivity index (χ0v) is 12.9. The van der Waals surface area contributed by atoms with E-state index >= 15 is 0 Å². The van der Waals surface area contributed by atoms with Gasteiger partial charge in [-0.1, -0.05) is 19.3 Å². The second-order valence-electron chi connectivity index (χ2n) is 6.37. The lowest BCUT2D eigenvalue weighted by Crippen LogP contribution is -2.41. The van der Waals surface area contributed by atoms with Crippen molar-refractivity contribution in [1.82, 2.24) is 10.2 Å². The third kappa shape index (κ3) is 5.49. The molecule has 0 unspecified atom stereocenters. The van der Waals surface area contributed by atoms with Gasteiger partial charge in [-0.25, -0.2) is 0 Å². The van der Waals surface area contributed by atoms with Gasteiger partial charge >= 0.3 is 0 Å². The number of carbonyl (C=O) groups is 1. The molecular weight excluding hydrogens is 238 g/mol. The third-order valence-corrected chi connectivity index (χ3v) is 4.55. The lowest BCUT2D eigenvalue weighted by Gasteiger charge is -2.35. The highest BCUT2D eigenvalue weighted by Gasteiger charge is 2.32. The lowest BCUT2D eigenvalue weighted by atomic mass is 9.71. The molecule has 0 aromatic carbocycles. The van der Waals surface area contributed by atoms with E-state index in [1.807, 2.05) is 0 Å². The van der Waals surface area contributed by atoms with E-state index in [4.69, 9.17) is 5.73 Å². The molecule has 0 spiro atoms. The highest BCUT2D eigenvalue weighted by Crippen LogP contribution is 2.38. The SMILES string of the molecule is CC(C)N(C)CCNC(=O)CC1(CN)CCCCC1. The first-order valence-corrected chi connectivity index (χ1v) is 7.66. The molecule has 4 nitrogen and oxygen atoms in total. The highest BCUT2D eigenvalue weighted by atomic mass is 16.1. The Morgan fingerprint density at radius 2 is 1.95 bits per heavy atom. The van der Waals surface area contributed by atoms with Crippen LogP contribution in [0.25, 0.3) is 0 Å². The largest absolute Gasteiger partial charge is 0.355 e. The molecule has 0 saturated heterocycles. The molecule has 0 bridgehead atoms. The van der Waals surface area contributed by atoms with Gasteiger partial charge in [0.05, 0.1) is 0 Å². The number of likely N-dealkylation sites (N-methyl/N-ethyl adjacent to an activating group) is 1. The molecule has 0 aliphatic heterocycles. The van der Waals surface area contributed by atoms with Gasteiger partial charge in [-0.2, -0.15) is 0 Å². The minimum absolute atomic E-state index is 0.0757. The molecule has 0 aromatic rings. The normalized spacial score (nSPS) is 18.8. The van der Waals surface area contributed by atoms with Crippen molar-refractivity contribution in [3.8, 4) is 0 Å². The van der Waals surface area contributed by atoms with E-state index < -0.39 is 0 Å². The zero-order chi connectivity index (χ0) is 14.3. The van der Waals surface area contributed by atoms with Gasteiger partial charge in [0.25, 0.3) is 0 Å². The first-order valence-electron chi connectivity index (χ1n) is 7.66. The van der Waals surface area contributed by atoms with Crippen LogP contribution in [-0.2, 0) is 4.79 Å². The standard InChI is InChI=1S/C15H31N3O/c1-13(2)18(3)10-9-17-14(19)11-15(12-16)7-5-4-6-8-15/h13H,4-12,16H2,1-3H3,(H,17,19). The van der Waals surface area contributed by atoms with Gasteiger partial charge in [0.2, 0.25) is 5.91 Å². The van der Waals surface area contributed by atoms with Crippen LogP contribution in [0.2, 0.25) is 0 Å². The van der Waals surface area contributed by atoms with E-state index in [1.165, 1.54) is 19.3 Å². The minimum atomic E-state index is 0.0757. The maximum Gasteiger partial charge on any atom is 0.220 e. The molecule has 1 saturated carbocycles. The number of nitrogens with zero attached hydrogens (tertiary/aromatic N) is 1. The summed E-state index contributed by atoms with van der Waals surface area (Å²) in [6.07, 6.45) is 6.57. The van der Waals surface area contributed by atoms with Crippen molar-refractivity contribution in [1.29, 1.82) is 0 Å². The number of nitrogens with two attached hydrogens (primary N) is 1. The van der Waals surface area contributed by atoms with E-state index in [0.717, 1.165) is 25.9 Å². The monoisotopic (exact) mass is 269 g/mol. The summed E-state index contributed by atoms with van der Waals surface area (Å²) in [5.74, 6) is 0.171. The molecule has 3 N–H and O–H groups in total. The van der Waals surface area contributed by atoms with Crippen LogP contribution in [-0.4, -0.2) is 43.5 Å². The fraction of sp³-hybridized carbons (Fsp3) is 0.933. The first kappa shape index (κ1) is 16.4. The van der Waals surface area contributed by atoms with Crippen molar-refractivity contribution in [2.24, 2.45) is 11.1 Å². The van der Waals surface area contributed by atoms with Crippen LogP contribution in [0.15, 0.2) is 0 Å². The van der Waals surface area contributed by atoms with E-state index in [2.05, 4.69) is 31.1 Å². The van der Waals surface area contributed by atoms with Crippen LogP contribution in [0.5, 0.6) is 0 Å². The van der Waals surface area contributed by atoms with Crippen molar-refractivity contribution in [3.63, 3.8) is 0 Å². The van der Waals surface area contributed by atoms with Crippen LogP contribution < -0.4 is 11.1 Å². The number of hydrogen-bond donors (Lipinski definition) is 2. The molecule has 19 heavy (non-hydrogen) atoms. The second kappa shape index (κ2) is 7.85. The minimum Gasteiger partial charge on any atom is -0.355 e. The van der Waals surface area contributed by atoms with E-state index in [9.17, 15) is 4.79 Å². The maximum absolute atomic E-state index is 12.0. The van der Waals surface area contributed by atoms with E-state index in [0.29, 0.717) is 19.0 Å². The summed E-state index contributed by atoms with van der Waals surface area (Å²) < 4.78 is 0. The summed E-state index contributed by atoms with van der Waals surface area (Å²) in [7, 11) is 2.08. The Morgan fingerprint density at radius 1 is 1.32 bits per heavy atom. The fourth-order valence-corrected chi connectivity index (χ4v) is 2.79. The summed E-state index contributed by atoms with van der Waals surface area (Å²) in [4.78, 5) is 14.3. The predicted octanol–water partition coefficient (Wildman–Crippen LogP) is 1.74. The topological polar surface area (TPSA) is 58.4 Å². The third-order valence-electron chi connectivity index (χ3n) is 4.55. The average Bonchev–Trinajstić information content (AvgIpc) is 2.39. The quantitative estimate of drug-likeness (QED) is 0.740. The van der Waals surface area contributed by atoms with Crippen molar-refractivity contribution in [3.05, 3.63) is 0 Å². The molecule has 0 atom stereocenters. The maximum atomic E-state index is 12.0. The van der Waals surface area contributed by atoms with Crippen LogP contribution in [0, 0.1) is 5.41 Å². The van der Waals surface area contributed by atoms with Gasteiger partial charge in [-0.05, 0) is 45.7 Å². The average molecular weight is 269 g/mol. The van der Waals surface area contributed by atoms with Crippen LogP contribution in [0.3, 0.4) is 0 Å². The molecular formula is C15H31N3O. The van der Waals surface area contributed by atoms with E-state index in [1.54, 1.807) is 0 Å². The number of hydrogen-bond acceptors (Lipinski definition) is 3. The molecule has 0 aromatic heterocycles. The summed E-state index contributed by atoms with van der Waals surface area (Å²) in [6, 6.07) is 0.519. The second-order valence-corrected chi connectivity index (χ2v) is 6.37. The van der Waals surface area contributed by atoms with Gasteiger partial charge < -0.3 is 16.0 Å². The molecule has 1 aliphatic carbocycles. The van der Waals surface area contributed by atoms with Gasteiger partial charge in [0.1, 0.15) is 0 Å². The van der Waals surface area contributed by atoms with Gasteiger partial charge in [-0.3, -0.25) is 4.79 Å². The van der Waals surface area contributed by atoms with Crippen molar-refractivity contribution < 1.29 is 4.79 Å². The summed E-state index contributed by atoms with van der Waals surface area (Å²) >= 11 is 0. The van der Waals surface area contributed by atoms with Crippen molar-refractivity contribution in [2.75, 3.05) is 26.7 Å². The highest BCUT2D eigenvalue weighted by molar-refractivity contribution is 5.76. The molecule has 112 valence electrons. The predicted molar refractivity (Wildman–Crippen MR) is 80.0 cm³/mol. The zero-order valence-electron chi connectivity index (χ0n) is 12.9. The fourth-order valence-electron chi connectivity index (χ4n) is 2.79. The molecule has 1 fully saturated rings.